The molecule has 0 spiro atoms. The quantitative estimate of drug-likeness (QED) is 0.745. The van der Waals surface area contributed by atoms with Crippen molar-refractivity contribution in [2.75, 3.05) is 6.54 Å². The van der Waals surface area contributed by atoms with Gasteiger partial charge in [-0.25, -0.2) is 4.98 Å². The van der Waals surface area contributed by atoms with Gasteiger partial charge in [-0.2, -0.15) is 9.78 Å². The highest BCUT2D eigenvalue weighted by atomic mass is 19.4. The van der Waals surface area contributed by atoms with Crippen LogP contribution in [0.1, 0.15) is 22.1 Å². The highest BCUT2D eigenvalue weighted by Crippen LogP contribution is 2.25. The predicted octanol–water partition coefficient (Wildman–Crippen LogP) is 1.33. The van der Waals surface area contributed by atoms with Gasteiger partial charge in [0, 0.05) is 19.2 Å². The summed E-state index contributed by atoms with van der Waals surface area (Å²) in [7, 11) is 0. The van der Waals surface area contributed by atoms with E-state index in [9.17, 15) is 18.0 Å². The van der Waals surface area contributed by atoms with E-state index in [4.69, 9.17) is 4.42 Å². The number of hydrogen-bond donors (Lipinski definition) is 1. The summed E-state index contributed by atoms with van der Waals surface area (Å²) in [6.07, 6.45) is -0.856. The molecule has 3 aromatic heterocycles. The second kappa shape index (κ2) is 5.43. The normalized spacial score (nSPS) is 14.6. The van der Waals surface area contributed by atoms with Gasteiger partial charge in [0.25, 0.3) is 5.89 Å². The van der Waals surface area contributed by atoms with Gasteiger partial charge in [0.15, 0.2) is 0 Å². The van der Waals surface area contributed by atoms with Gasteiger partial charge >= 0.3 is 18.1 Å². The molecular formula is C13H10F3N7O2. The smallest absolute Gasteiger partial charge is 0.412 e. The Bertz CT molecular complexity index is 926. The van der Waals surface area contributed by atoms with Crippen molar-refractivity contribution in [2.45, 2.75) is 19.3 Å². The van der Waals surface area contributed by atoms with Crippen molar-refractivity contribution in [3.8, 4) is 11.5 Å². The topological polar surface area (TPSA) is 106 Å². The summed E-state index contributed by atoms with van der Waals surface area (Å²) in [5.41, 5.74) is 1.69. The summed E-state index contributed by atoms with van der Waals surface area (Å²) in [5.74, 6) is -1.00. The first-order chi connectivity index (χ1) is 11.9. The first-order valence-electron chi connectivity index (χ1n) is 7.18. The zero-order chi connectivity index (χ0) is 17.6. The highest BCUT2D eigenvalue weighted by Gasteiger charge is 2.32. The fraction of sp³-hybridized carbons (Fsp3) is 0.308. The zero-order valence-electron chi connectivity index (χ0n) is 12.5. The number of imidazole rings is 1. The van der Waals surface area contributed by atoms with E-state index < -0.39 is 12.2 Å². The molecule has 0 atom stereocenters. The van der Waals surface area contributed by atoms with E-state index in [1.54, 1.807) is 6.33 Å². The predicted molar refractivity (Wildman–Crippen MR) is 73.8 cm³/mol. The molecule has 0 aliphatic carbocycles. The Morgan fingerprint density at radius 1 is 1.32 bits per heavy atom. The molecule has 1 aliphatic heterocycles. The number of aromatic amines is 1. The van der Waals surface area contributed by atoms with Crippen LogP contribution in [0.15, 0.2) is 23.1 Å². The van der Waals surface area contributed by atoms with Gasteiger partial charge in [-0.15, -0.1) is 23.4 Å². The molecule has 130 valence electrons. The standard InChI is InChI=1S/C13H10F3N7O2/c14-13(15,16)23-4-7(3-19-23)10-20-21-11(25-10)12(24)22-2-1-8-9(5-22)18-6-17-8/h3-4,6H,1-2,5H2,(H,17,18). The maximum atomic E-state index is 12.6. The van der Waals surface area contributed by atoms with Gasteiger partial charge < -0.3 is 14.3 Å². The number of amides is 1. The number of aromatic nitrogens is 6. The van der Waals surface area contributed by atoms with Gasteiger partial charge in [0.2, 0.25) is 0 Å². The third-order valence-corrected chi connectivity index (χ3v) is 3.76. The average Bonchev–Trinajstić information content (AvgIpc) is 3.30. The molecule has 1 aliphatic rings. The number of fused-ring (bicyclic) bond motifs is 1. The second-order valence-corrected chi connectivity index (χ2v) is 5.36. The number of halogens is 3. The maximum Gasteiger partial charge on any atom is 0.504 e. The maximum absolute atomic E-state index is 12.6. The number of hydrogen-bond acceptors (Lipinski definition) is 6. The Balaban J connectivity index is 1.53. The van der Waals surface area contributed by atoms with Gasteiger partial charge in [-0.05, 0) is 0 Å². The van der Waals surface area contributed by atoms with Crippen LogP contribution < -0.4 is 0 Å². The van der Waals surface area contributed by atoms with Gasteiger partial charge in [-0.1, -0.05) is 0 Å². The molecule has 1 N–H and O–H groups in total. The van der Waals surface area contributed by atoms with Crippen molar-refractivity contribution >= 4 is 5.91 Å². The number of rotatable bonds is 2. The Hall–Kier alpha value is -3.18. The summed E-state index contributed by atoms with van der Waals surface area (Å²) >= 11 is 0. The van der Waals surface area contributed by atoms with Crippen molar-refractivity contribution in [1.29, 1.82) is 0 Å². The molecular weight excluding hydrogens is 343 g/mol. The minimum Gasteiger partial charge on any atom is -0.412 e. The molecule has 25 heavy (non-hydrogen) atoms. The van der Waals surface area contributed by atoms with Crippen LogP contribution in [-0.4, -0.2) is 47.3 Å². The number of alkyl halides is 3. The largest absolute Gasteiger partial charge is 0.504 e. The van der Waals surface area contributed by atoms with Crippen LogP contribution in [0.3, 0.4) is 0 Å². The molecule has 0 fully saturated rings. The van der Waals surface area contributed by atoms with Crippen LogP contribution in [0, 0.1) is 0 Å². The third kappa shape index (κ3) is 2.75. The second-order valence-electron chi connectivity index (χ2n) is 5.36. The number of carbonyl (C=O) groups is 1. The van der Waals surface area contributed by atoms with Crippen LogP contribution in [0.5, 0.6) is 0 Å². The minimum atomic E-state index is -4.65. The fourth-order valence-corrected chi connectivity index (χ4v) is 2.52. The van der Waals surface area contributed by atoms with E-state index >= 15 is 0 Å². The molecule has 4 heterocycles. The van der Waals surface area contributed by atoms with Crippen LogP contribution >= 0.6 is 0 Å². The Kier molecular flexibility index (Phi) is 3.33. The molecule has 0 saturated heterocycles. The molecule has 12 heteroatoms. The van der Waals surface area contributed by atoms with E-state index in [0.29, 0.717) is 25.7 Å². The van der Waals surface area contributed by atoms with Crippen molar-refractivity contribution < 1.29 is 22.4 Å². The SMILES string of the molecule is O=C(c1nnc(-c2cnn(C(F)(F)F)c2)o1)N1CCc2nc[nH]c2C1. The molecule has 0 radical (unpaired) electrons. The molecule has 0 aromatic carbocycles. The molecule has 0 saturated carbocycles. The van der Waals surface area contributed by atoms with Gasteiger partial charge in [0.1, 0.15) is 0 Å². The Morgan fingerprint density at radius 2 is 2.16 bits per heavy atom. The highest BCUT2D eigenvalue weighted by molar-refractivity contribution is 5.89. The van der Waals surface area contributed by atoms with E-state index in [0.717, 1.165) is 17.6 Å². The number of nitrogens with zero attached hydrogens (tertiary/aromatic N) is 6. The Morgan fingerprint density at radius 3 is 2.92 bits per heavy atom. The van der Waals surface area contributed by atoms with E-state index in [-0.39, 0.29) is 22.0 Å². The fourth-order valence-electron chi connectivity index (χ4n) is 2.52. The van der Waals surface area contributed by atoms with Crippen molar-refractivity contribution in [3.05, 3.63) is 36.0 Å². The monoisotopic (exact) mass is 353 g/mol. The first-order valence-corrected chi connectivity index (χ1v) is 7.18. The molecule has 0 unspecified atom stereocenters. The molecule has 4 rings (SSSR count). The van der Waals surface area contributed by atoms with Gasteiger partial charge in [-0.3, -0.25) is 4.79 Å². The first kappa shape index (κ1) is 15.4. The molecule has 1 amide bonds. The van der Waals surface area contributed by atoms with Crippen LogP contribution in [0.4, 0.5) is 13.2 Å². The lowest BCUT2D eigenvalue weighted by atomic mass is 10.1. The van der Waals surface area contributed by atoms with Crippen LogP contribution in [-0.2, 0) is 19.3 Å². The van der Waals surface area contributed by atoms with Crippen molar-refractivity contribution in [2.24, 2.45) is 0 Å². The summed E-state index contributed by atoms with van der Waals surface area (Å²) in [4.78, 5) is 21.0. The summed E-state index contributed by atoms with van der Waals surface area (Å²) in [5, 5.41) is 10.4. The lowest BCUT2D eigenvalue weighted by Crippen LogP contribution is -2.36. The Labute approximate surface area is 137 Å². The summed E-state index contributed by atoms with van der Waals surface area (Å²) < 4.78 is 42.7. The summed E-state index contributed by atoms with van der Waals surface area (Å²) in [6.45, 7) is 0.748. The van der Waals surface area contributed by atoms with Crippen molar-refractivity contribution in [3.63, 3.8) is 0 Å². The zero-order valence-corrected chi connectivity index (χ0v) is 12.5. The third-order valence-electron chi connectivity index (χ3n) is 3.76. The average molecular weight is 353 g/mol. The number of H-pyrrole nitrogens is 1. The van der Waals surface area contributed by atoms with Crippen LogP contribution in [0.25, 0.3) is 11.5 Å². The van der Waals surface area contributed by atoms with E-state index in [2.05, 4.69) is 25.3 Å². The number of nitrogens with one attached hydrogen (secondary N) is 1. The van der Waals surface area contributed by atoms with Crippen LogP contribution in [0.2, 0.25) is 0 Å². The van der Waals surface area contributed by atoms with E-state index in [1.165, 1.54) is 4.90 Å². The molecule has 9 nitrogen and oxygen atoms in total. The molecule has 0 bridgehead atoms. The minimum absolute atomic E-state index is 0.0293. The van der Waals surface area contributed by atoms with E-state index in [1.807, 2.05) is 0 Å². The van der Waals surface area contributed by atoms with Crippen molar-refractivity contribution in [1.82, 2.24) is 34.8 Å². The lowest BCUT2D eigenvalue weighted by Gasteiger charge is -2.24. The number of carbonyl (C=O) groups excluding carboxylic acids is 1. The van der Waals surface area contributed by atoms with Gasteiger partial charge in [0.05, 0.1) is 36.0 Å². The summed E-state index contributed by atoms with van der Waals surface area (Å²) in [6, 6.07) is 0. The molecule has 3 aromatic rings. The lowest BCUT2D eigenvalue weighted by molar-refractivity contribution is -0.212.